The van der Waals surface area contributed by atoms with Crippen molar-refractivity contribution in [1.29, 1.82) is 0 Å². The van der Waals surface area contributed by atoms with Gasteiger partial charge in [0.1, 0.15) is 0 Å². The topological polar surface area (TPSA) is 0 Å². The molecule has 5 aromatic carbocycles. The van der Waals surface area contributed by atoms with Crippen molar-refractivity contribution in [3.05, 3.63) is 131 Å². The second kappa shape index (κ2) is 7.17. The van der Waals surface area contributed by atoms with Crippen molar-refractivity contribution in [2.45, 2.75) is 0 Å². The van der Waals surface area contributed by atoms with Crippen molar-refractivity contribution in [3.8, 4) is 0 Å². The van der Waals surface area contributed by atoms with Gasteiger partial charge in [-0.3, -0.25) is 0 Å². The van der Waals surface area contributed by atoms with Gasteiger partial charge in [-0.2, -0.15) is 0 Å². The quantitative estimate of drug-likeness (QED) is 0.359. The minimum absolute atomic E-state index is 1.21. The molecule has 0 unspecified atom stereocenters. The third kappa shape index (κ3) is 3.00. The fourth-order valence-electron chi connectivity index (χ4n) is 3.94. The van der Waals surface area contributed by atoms with E-state index in [9.17, 15) is 0 Å². The lowest BCUT2D eigenvalue weighted by Crippen LogP contribution is -2.27. The SMILES string of the molecule is C(c1ccccc1)=c1c(=Cc2ccccc2)c2ccccc2c2ccccc12. The van der Waals surface area contributed by atoms with Gasteiger partial charge >= 0.3 is 0 Å². The van der Waals surface area contributed by atoms with Crippen molar-refractivity contribution in [1.82, 2.24) is 0 Å². The van der Waals surface area contributed by atoms with Crippen LogP contribution in [0.1, 0.15) is 11.1 Å². The fraction of sp³-hybridized carbons (Fsp3) is 0. The van der Waals surface area contributed by atoms with Gasteiger partial charge in [0.25, 0.3) is 0 Å². The van der Waals surface area contributed by atoms with Gasteiger partial charge < -0.3 is 0 Å². The van der Waals surface area contributed by atoms with Crippen LogP contribution in [0, 0.1) is 0 Å². The molecule has 0 aliphatic heterocycles. The van der Waals surface area contributed by atoms with Crippen molar-refractivity contribution in [2.75, 3.05) is 0 Å². The molecule has 5 rings (SSSR count). The largest absolute Gasteiger partial charge is 0.0622 e. The summed E-state index contributed by atoms with van der Waals surface area (Å²) in [5, 5.41) is 7.70. The number of benzene rings is 5. The molecule has 28 heavy (non-hydrogen) atoms. The second-order valence-corrected chi connectivity index (χ2v) is 7.03. The minimum atomic E-state index is 1.21. The number of hydrogen-bond donors (Lipinski definition) is 0. The van der Waals surface area contributed by atoms with E-state index in [0.29, 0.717) is 0 Å². The number of hydrogen-bond acceptors (Lipinski definition) is 0. The van der Waals surface area contributed by atoms with E-state index in [4.69, 9.17) is 0 Å². The van der Waals surface area contributed by atoms with Crippen LogP contribution in [0.4, 0.5) is 0 Å². The van der Waals surface area contributed by atoms with E-state index in [1.807, 2.05) is 0 Å². The molecule has 0 aromatic heterocycles. The Morgan fingerprint density at radius 3 is 1.04 bits per heavy atom. The maximum absolute atomic E-state index is 2.31. The third-order valence-corrected chi connectivity index (χ3v) is 5.24. The molecule has 0 amide bonds. The lowest BCUT2D eigenvalue weighted by molar-refractivity contribution is 1.57. The Morgan fingerprint density at radius 2 is 0.643 bits per heavy atom. The molecule has 0 nitrogen and oxygen atoms in total. The van der Waals surface area contributed by atoms with E-state index in [1.165, 1.54) is 43.1 Å². The van der Waals surface area contributed by atoms with Crippen LogP contribution in [0.2, 0.25) is 0 Å². The predicted molar refractivity (Wildman–Crippen MR) is 121 cm³/mol. The summed E-state index contributed by atoms with van der Waals surface area (Å²) in [6, 6.07) is 38.6. The maximum Gasteiger partial charge on any atom is -0.00928 e. The molecule has 0 aliphatic rings. The van der Waals surface area contributed by atoms with Crippen LogP contribution in [0.25, 0.3) is 33.7 Å². The summed E-state index contributed by atoms with van der Waals surface area (Å²) in [5.41, 5.74) is 2.43. The highest BCUT2D eigenvalue weighted by molar-refractivity contribution is 6.08. The molecular weight excluding hydrogens is 336 g/mol. The fourth-order valence-corrected chi connectivity index (χ4v) is 3.94. The first kappa shape index (κ1) is 16.5. The van der Waals surface area contributed by atoms with E-state index in [1.54, 1.807) is 0 Å². The molecule has 5 aromatic rings. The van der Waals surface area contributed by atoms with Crippen LogP contribution in [-0.2, 0) is 0 Å². The molecule has 0 N–H and O–H groups in total. The van der Waals surface area contributed by atoms with E-state index in [2.05, 4.69) is 121 Å². The van der Waals surface area contributed by atoms with Crippen LogP contribution in [0.3, 0.4) is 0 Å². The van der Waals surface area contributed by atoms with Crippen molar-refractivity contribution in [2.24, 2.45) is 0 Å². The highest BCUT2D eigenvalue weighted by Crippen LogP contribution is 2.20. The Morgan fingerprint density at radius 1 is 0.321 bits per heavy atom. The van der Waals surface area contributed by atoms with Crippen LogP contribution >= 0.6 is 0 Å². The summed E-state index contributed by atoms with van der Waals surface area (Å²) in [4.78, 5) is 0. The molecule has 0 heterocycles. The van der Waals surface area contributed by atoms with Gasteiger partial charge in [-0.15, -0.1) is 0 Å². The van der Waals surface area contributed by atoms with E-state index in [0.717, 1.165) is 0 Å². The Hall–Kier alpha value is -3.64. The third-order valence-electron chi connectivity index (χ3n) is 5.24. The van der Waals surface area contributed by atoms with Gasteiger partial charge in [0.15, 0.2) is 0 Å². The van der Waals surface area contributed by atoms with E-state index in [-0.39, 0.29) is 0 Å². The summed E-state index contributed by atoms with van der Waals surface area (Å²) in [6.45, 7) is 0. The Kier molecular flexibility index (Phi) is 4.23. The first-order chi connectivity index (χ1) is 13.9. The zero-order valence-corrected chi connectivity index (χ0v) is 15.5. The summed E-state index contributed by atoms with van der Waals surface area (Å²) in [7, 11) is 0. The molecular formula is C28H20. The van der Waals surface area contributed by atoms with Gasteiger partial charge in [0.05, 0.1) is 0 Å². The Balaban J connectivity index is 2.02. The molecule has 0 saturated carbocycles. The first-order valence-electron chi connectivity index (χ1n) is 9.63. The molecule has 0 bridgehead atoms. The summed E-state index contributed by atoms with van der Waals surface area (Å²) >= 11 is 0. The molecule has 0 radical (unpaired) electrons. The molecule has 0 aliphatic carbocycles. The Labute approximate surface area is 164 Å². The smallest absolute Gasteiger partial charge is 0.00928 e. The maximum atomic E-state index is 2.31. The molecule has 132 valence electrons. The zero-order chi connectivity index (χ0) is 18.8. The van der Waals surface area contributed by atoms with Gasteiger partial charge in [-0.1, -0.05) is 109 Å². The highest BCUT2D eigenvalue weighted by atomic mass is 14.1. The van der Waals surface area contributed by atoms with E-state index >= 15 is 0 Å². The molecule has 0 spiro atoms. The normalized spacial score (nSPS) is 12.7. The van der Waals surface area contributed by atoms with Crippen LogP contribution in [0.5, 0.6) is 0 Å². The highest BCUT2D eigenvalue weighted by Gasteiger charge is 2.05. The minimum Gasteiger partial charge on any atom is -0.0622 e. The average molecular weight is 356 g/mol. The zero-order valence-electron chi connectivity index (χ0n) is 15.5. The van der Waals surface area contributed by atoms with Crippen LogP contribution in [-0.4, -0.2) is 0 Å². The van der Waals surface area contributed by atoms with Crippen LogP contribution in [0.15, 0.2) is 109 Å². The summed E-state index contributed by atoms with van der Waals surface area (Å²) in [5.74, 6) is 0. The van der Waals surface area contributed by atoms with E-state index < -0.39 is 0 Å². The lowest BCUT2D eigenvalue weighted by atomic mass is 9.95. The Bertz CT molecular complexity index is 1270. The first-order valence-corrected chi connectivity index (χ1v) is 9.63. The van der Waals surface area contributed by atoms with Gasteiger partial charge in [0.2, 0.25) is 0 Å². The second-order valence-electron chi connectivity index (χ2n) is 7.03. The summed E-state index contributed by atoms with van der Waals surface area (Å²) in [6.07, 6.45) is 4.62. The van der Waals surface area contributed by atoms with Crippen molar-refractivity contribution < 1.29 is 0 Å². The van der Waals surface area contributed by atoms with Gasteiger partial charge in [0, 0.05) is 0 Å². The van der Waals surface area contributed by atoms with Crippen LogP contribution < -0.4 is 10.4 Å². The molecule has 0 atom stereocenters. The predicted octanol–water partition coefficient (Wildman–Crippen LogP) is 5.65. The van der Waals surface area contributed by atoms with Crippen molar-refractivity contribution >= 4 is 33.7 Å². The lowest BCUT2D eigenvalue weighted by Gasteiger charge is -2.08. The molecule has 0 saturated heterocycles. The summed E-state index contributed by atoms with van der Waals surface area (Å²) < 4.78 is 0. The van der Waals surface area contributed by atoms with Crippen molar-refractivity contribution in [3.63, 3.8) is 0 Å². The number of rotatable bonds is 2. The molecule has 0 heteroatoms. The number of fused-ring (bicyclic) bond motifs is 3. The monoisotopic (exact) mass is 356 g/mol. The average Bonchev–Trinajstić information content (AvgIpc) is 2.77. The molecule has 0 fully saturated rings. The van der Waals surface area contributed by atoms with Gasteiger partial charge in [-0.05, 0) is 55.3 Å². The standard InChI is InChI=1S/C28H20/c1-3-11-21(12-4-1)19-27-25-17-9-7-15-23(25)24-16-8-10-18-26(24)28(27)20-22-13-5-2-6-14-22/h1-20H. The van der Waals surface area contributed by atoms with Gasteiger partial charge in [-0.25, -0.2) is 0 Å².